The average molecular weight is 460 g/mol. The number of hydrogen-bond acceptors (Lipinski definition) is 6. The minimum atomic E-state index is -0.418. The second-order valence-electron chi connectivity index (χ2n) is 7.62. The van der Waals surface area contributed by atoms with E-state index in [4.69, 9.17) is 21.1 Å². The van der Waals surface area contributed by atoms with Crippen LogP contribution in [0.3, 0.4) is 0 Å². The minimum absolute atomic E-state index is 0.159. The highest BCUT2D eigenvalue weighted by Crippen LogP contribution is 2.29. The first kappa shape index (κ1) is 23.9. The molecule has 3 rings (SSSR count). The summed E-state index contributed by atoms with van der Waals surface area (Å²) >= 11 is 6.04. The Labute approximate surface area is 194 Å². The van der Waals surface area contributed by atoms with Gasteiger partial charge in [-0.15, -0.1) is 0 Å². The molecule has 1 N–H and O–H groups in total. The van der Waals surface area contributed by atoms with Crippen molar-refractivity contribution in [2.75, 3.05) is 56.2 Å². The Morgan fingerprint density at radius 2 is 1.81 bits per heavy atom. The van der Waals surface area contributed by atoms with Gasteiger partial charge < -0.3 is 24.6 Å². The van der Waals surface area contributed by atoms with Gasteiger partial charge in [0, 0.05) is 31.2 Å². The number of rotatable bonds is 8. The fourth-order valence-electron chi connectivity index (χ4n) is 3.60. The van der Waals surface area contributed by atoms with Crippen LogP contribution in [0.15, 0.2) is 36.4 Å². The zero-order chi connectivity index (χ0) is 23.1. The first-order valence-electron chi connectivity index (χ1n) is 10.9. The average Bonchev–Trinajstić information content (AvgIpc) is 2.80. The number of hydrogen-bond donors (Lipinski definition) is 1. The van der Waals surface area contributed by atoms with Gasteiger partial charge in [-0.1, -0.05) is 18.5 Å². The molecule has 2 aromatic rings. The quantitative estimate of drug-likeness (QED) is 0.602. The maximum absolute atomic E-state index is 12.7. The predicted octanol–water partition coefficient (Wildman–Crippen LogP) is 3.98. The third-order valence-electron chi connectivity index (χ3n) is 5.44. The second-order valence-corrected chi connectivity index (χ2v) is 8.03. The summed E-state index contributed by atoms with van der Waals surface area (Å²) in [5, 5.41) is 3.56. The van der Waals surface area contributed by atoms with Crippen LogP contribution in [0, 0.1) is 6.92 Å². The summed E-state index contributed by atoms with van der Waals surface area (Å²) < 4.78 is 10.7. The summed E-state index contributed by atoms with van der Waals surface area (Å²) in [6, 6.07) is 10.5. The van der Waals surface area contributed by atoms with Crippen LogP contribution < -0.4 is 15.0 Å². The van der Waals surface area contributed by atoms with Crippen LogP contribution in [0.5, 0.6) is 5.75 Å². The molecule has 0 aromatic heterocycles. The summed E-state index contributed by atoms with van der Waals surface area (Å²) in [4.78, 5) is 29.5. The maximum Gasteiger partial charge on any atom is 0.338 e. The first-order chi connectivity index (χ1) is 15.4. The molecule has 172 valence electrons. The Hall–Kier alpha value is -2.77. The number of aryl methyl sites for hydroxylation is 1. The van der Waals surface area contributed by atoms with Crippen molar-refractivity contribution in [3.05, 3.63) is 52.5 Å². The minimum Gasteiger partial charge on any atom is -0.484 e. The Balaban J connectivity index is 1.75. The van der Waals surface area contributed by atoms with Crippen LogP contribution in [0.2, 0.25) is 5.02 Å². The van der Waals surface area contributed by atoms with E-state index in [9.17, 15) is 9.59 Å². The number of carbonyl (C=O) groups excluding carboxylic acids is 2. The topological polar surface area (TPSA) is 71.1 Å². The van der Waals surface area contributed by atoms with Crippen molar-refractivity contribution in [2.45, 2.75) is 20.8 Å². The highest BCUT2D eigenvalue weighted by atomic mass is 35.5. The number of piperazine rings is 1. The smallest absolute Gasteiger partial charge is 0.338 e. The molecule has 0 saturated carbocycles. The van der Waals surface area contributed by atoms with E-state index in [0.717, 1.165) is 44.0 Å². The number of halogens is 1. The molecule has 0 atom stereocenters. The predicted molar refractivity (Wildman–Crippen MR) is 127 cm³/mol. The van der Waals surface area contributed by atoms with E-state index in [1.54, 1.807) is 37.3 Å². The summed E-state index contributed by atoms with van der Waals surface area (Å²) in [6.45, 7) is 10.5. The van der Waals surface area contributed by atoms with Gasteiger partial charge >= 0.3 is 5.97 Å². The number of anilines is 2. The SMILES string of the molecule is CCOC(=O)c1ccc(N2CCN(CC)CC2)c(NC(=O)COc2ccc(Cl)c(C)c2)c1. The number of likely N-dealkylation sites (N-methyl/N-ethyl adjacent to an activating group) is 1. The van der Waals surface area contributed by atoms with Crippen molar-refractivity contribution in [1.82, 2.24) is 4.90 Å². The van der Waals surface area contributed by atoms with Crippen LogP contribution >= 0.6 is 11.6 Å². The zero-order valence-electron chi connectivity index (χ0n) is 18.8. The molecule has 1 saturated heterocycles. The fourth-order valence-corrected chi connectivity index (χ4v) is 3.72. The molecule has 7 nitrogen and oxygen atoms in total. The van der Waals surface area contributed by atoms with Crippen molar-refractivity contribution in [1.29, 1.82) is 0 Å². The first-order valence-corrected chi connectivity index (χ1v) is 11.3. The number of amides is 1. The Bertz CT molecular complexity index is 958. The van der Waals surface area contributed by atoms with Crippen molar-refractivity contribution in [3.8, 4) is 5.75 Å². The lowest BCUT2D eigenvalue weighted by atomic mass is 10.1. The third-order valence-corrected chi connectivity index (χ3v) is 5.87. The van der Waals surface area contributed by atoms with Gasteiger partial charge in [-0.25, -0.2) is 4.79 Å². The molecule has 0 bridgehead atoms. The molecule has 1 amide bonds. The second kappa shape index (κ2) is 11.2. The van der Waals surface area contributed by atoms with Gasteiger partial charge in [-0.05, 0) is 62.4 Å². The van der Waals surface area contributed by atoms with Crippen molar-refractivity contribution in [2.24, 2.45) is 0 Å². The van der Waals surface area contributed by atoms with E-state index < -0.39 is 5.97 Å². The van der Waals surface area contributed by atoms with Crippen LogP contribution in [0.25, 0.3) is 0 Å². The molecule has 1 fully saturated rings. The molecular formula is C24H30ClN3O4. The lowest BCUT2D eigenvalue weighted by Crippen LogP contribution is -2.46. The van der Waals surface area contributed by atoms with Gasteiger partial charge in [0.25, 0.3) is 5.91 Å². The van der Waals surface area contributed by atoms with E-state index >= 15 is 0 Å². The van der Waals surface area contributed by atoms with Gasteiger partial charge in [0.2, 0.25) is 0 Å². The lowest BCUT2D eigenvalue weighted by Gasteiger charge is -2.36. The van der Waals surface area contributed by atoms with Crippen molar-refractivity contribution < 1.29 is 19.1 Å². The van der Waals surface area contributed by atoms with Crippen LogP contribution in [-0.4, -0.2) is 62.7 Å². The number of ether oxygens (including phenoxy) is 2. The Morgan fingerprint density at radius 3 is 2.47 bits per heavy atom. The van der Waals surface area contributed by atoms with E-state index in [0.29, 0.717) is 22.0 Å². The summed E-state index contributed by atoms with van der Waals surface area (Å²) in [5.41, 5.74) is 2.72. The normalized spacial score (nSPS) is 14.2. The number of esters is 1. The maximum atomic E-state index is 12.7. The lowest BCUT2D eigenvalue weighted by molar-refractivity contribution is -0.118. The highest BCUT2D eigenvalue weighted by molar-refractivity contribution is 6.31. The molecular weight excluding hydrogens is 430 g/mol. The molecule has 0 radical (unpaired) electrons. The standard InChI is InChI=1S/C24H30ClN3O4/c1-4-27-10-12-28(13-11-27)22-9-6-18(24(30)31-5-2)15-21(22)26-23(29)16-32-19-7-8-20(25)17(3)14-19/h6-9,14-15H,4-5,10-13,16H2,1-3H3,(H,26,29). The number of benzene rings is 2. The highest BCUT2D eigenvalue weighted by Gasteiger charge is 2.21. The largest absolute Gasteiger partial charge is 0.484 e. The zero-order valence-corrected chi connectivity index (χ0v) is 19.6. The van der Waals surface area contributed by atoms with E-state index in [2.05, 4.69) is 22.0 Å². The Morgan fingerprint density at radius 1 is 1.06 bits per heavy atom. The van der Waals surface area contributed by atoms with Gasteiger partial charge in [-0.3, -0.25) is 4.79 Å². The van der Waals surface area contributed by atoms with Crippen molar-refractivity contribution >= 4 is 34.9 Å². The van der Waals surface area contributed by atoms with Crippen LogP contribution in [0.4, 0.5) is 11.4 Å². The summed E-state index contributed by atoms with van der Waals surface area (Å²) in [6.07, 6.45) is 0. The number of nitrogens with one attached hydrogen (secondary N) is 1. The van der Waals surface area contributed by atoms with Gasteiger partial charge in [0.15, 0.2) is 6.61 Å². The van der Waals surface area contributed by atoms with Crippen LogP contribution in [0.1, 0.15) is 29.8 Å². The molecule has 1 aliphatic rings. The van der Waals surface area contributed by atoms with Crippen LogP contribution in [-0.2, 0) is 9.53 Å². The Kier molecular flexibility index (Phi) is 8.36. The van der Waals surface area contributed by atoms with E-state index in [-0.39, 0.29) is 19.1 Å². The number of carbonyl (C=O) groups is 2. The van der Waals surface area contributed by atoms with E-state index in [1.165, 1.54) is 0 Å². The molecule has 8 heteroatoms. The molecule has 1 heterocycles. The summed E-state index contributed by atoms with van der Waals surface area (Å²) in [5.74, 6) is -0.163. The van der Waals surface area contributed by atoms with Gasteiger partial charge in [0.1, 0.15) is 5.75 Å². The van der Waals surface area contributed by atoms with Gasteiger partial charge in [-0.2, -0.15) is 0 Å². The molecule has 2 aromatic carbocycles. The summed E-state index contributed by atoms with van der Waals surface area (Å²) in [7, 11) is 0. The fraction of sp³-hybridized carbons (Fsp3) is 0.417. The molecule has 1 aliphatic heterocycles. The molecule has 0 spiro atoms. The van der Waals surface area contributed by atoms with E-state index in [1.807, 2.05) is 13.0 Å². The molecule has 0 aliphatic carbocycles. The third kappa shape index (κ3) is 6.14. The number of nitrogens with zero attached hydrogens (tertiary/aromatic N) is 2. The molecule has 32 heavy (non-hydrogen) atoms. The van der Waals surface area contributed by atoms with Gasteiger partial charge in [0.05, 0.1) is 23.5 Å². The monoisotopic (exact) mass is 459 g/mol. The van der Waals surface area contributed by atoms with Crippen molar-refractivity contribution in [3.63, 3.8) is 0 Å². The molecule has 0 unspecified atom stereocenters.